The number of ether oxygens (including phenoxy) is 2. The minimum atomic E-state index is -0.403. The molecule has 0 N–H and O–H groups in total. The first-order chi connectivity index (χ1) is 11.5. The second-order valence-electron chi connectivity index (χ2n) is 5.77. The van der Waals surface area contributed by atoms with Crippen molar-refractivity contribution >= 4 is 22.7 Å². The molecule has 0 heterocycles. The van der Waals surface area contributed by atoms with Gasteiger partial charge in [-0.3, -0.25) is 9.59 Å². The molecule has 0 atom stereocenters. The van der Waals surface area contributed by atoms with Crippen molar-refractivity contribution in [2.24, 2.45) is 0 Å². The van der Waals surface area contributed by atoms with Crippen LogP contribution in [0.4, 0.5) is 0 Å². The second kappa shape index (κ2) is 8.87. The van der Waals surface area contributed by atoms with Gasteiger partial charge in [0.05, 0.1) is 19.4 Å². The molecular weight excluding hydrogens is 304 g/mol. The lowest BCUT2D eigenvalue weighted by atomic mass is 10.1. The van der Waals surface area contributed by atoms with Crippen LogP contribution in [0, 0.1) is 0 Å². The van der Waals surface area contributed by atoms with Gasteiger partial charge in [0.25, 0.3) is 0 Å². The minimum Gasteiger partial charge on any atom is -0.465 e. The number of carbonyl (C=O) groups excluding carboxylic acids is 2. The Balaban J connectivity index is 1.72. The van der Waals surface area contributed by atoms with Crippen molar-refractivity contribution in [1.29, 1.82) is 0 Å². The predicted molar refractivity (Wildman–Crippen MR) is 93.4 cm³/mol. The van der Waals surface area contributed by atoms with E-state index in [0.717, 1.165) is 21.9 Å². The van der Waals surface area contributed by atoms with Crippen LogP contribution in [-0.4, -0.2) is 18.5 Å². The zero-order chi connectivity index (χ0) is 17.4. The Labute approximate surface area is 142 Å². The molecule has 0 fully saturated rings. The van der Waals surface area contributed by atoms with Gasteiger partial charge in [-0.25, -0.2) is 0 Å². The highest BCUT2D eigenvalue weighted by Gasteiger charge is 2.09. The van der Waals surface area contributed by atoms with Crippen LogP contribution in [0.3, 0.4) is 0 Å². The van der Waals surface area contributed by atoms with Gasteiger partial charge in [-0.1, -0.05) is 42.0 Å². The van der Waals surface area contributed by atoms with E-state index in [-0.39, 0.29) is 25.4 Å². The summed E-state index contributed by atoms with van der Waals surface area (Å²) in [5.74, 6) is -0.793. The summed E-state index contributed by atoms with van der Waals surface area (Å²) in [6.07, 6.45) is 0.699. The maximum absolute atomic E-state index is 11.7. The van der Waals surface area contributed by atoms with Crippen molar-refractivity contribution < 1.29 is 19.1 Å². The molecule has 0 spiro atoms. The van der Waals surface area contributed by atoms with E-state index in [9.17, 15) is 9.59 Å². The lowest BCUT2D eigenvalue weighted by Gasteiger charge is -2.07. The van der Waals surface area contributed by atoms with E-state index in [1.807, 2.05) is 49.4 Å². The first kappa shape index (κ1) is 17.7. The highest BCUT2D eigenvalue weighted by Crippen LogP contribution is 2.16. The number of esters is 2. The number of carbonyl (C=O) groups is 2. The fraction of sp³-hybridized carbons (Fsp3) is 0.300. The van der Waals surface area contributed by atoms with Gasteiger partial charge in [0.2, 0.25) is 0 Å². The van der Waals surface area contributed by atoms with Crippen LogP contribution in [-0.2, 0) is 25.7 Å². The van der Waals surface area contributed by atoms with Crippen molar-refractivity contribution in [3.8, 4) is 0 Å². The van der Waals surface area contributed by atoms with Gasteiger partial charge in [0.15, 0.2) is 0 Å². The van der Waals surface area contributed by atoms with Gasteiger partial charge in [0.1, 0.15) is 6.61 Å². The molecule has 0 radical (unpaired) electrons. The van der Waals surface area contributed by atoms with Gasteiger partial charge in [0, 0.05) is 6.42 Å². The van der Waals surface area contributed by atoms with Gasteiger partial charge >= 0.3 is 11.9 Å². The standard InChI is InChI=1S/C20H22O4/c1-15(2)11-12-23-19(21)9-10-20(22)24-14-16-7-8-17-5-3-4-6-18(17)13-16/h3-8,13H,1,9-12,14H2,2H3. The Morgan fingerprint density at radius 3 is 2.29 bits per heavy atom. The van der Waals surface area contributed by atoms with Gasteiger partial charge in [-0.15, -0.1) is 6.58 Å². The summed E-state index contributed by atoms with van der Waals surface area (Å²) in [7, 11) is 0. The first-order valence-electron chi connectivity index (χ1n) is 7.98. The lowest BCUT2D eigenvalue weighted by molar-refractivity contribution is -0.151. The fourth-order valence-corrected chi connectivity index (χ4v) is 2.18. The van der Waals surface area contributed by atoms with E-state index in [2.05, 4.69) is 6.58 Å². The summed E-state index contributed by atoms with van der Waals surface area (Å²) >= 11 is 0. The first-order valence-corrected chi connectivity index (χ1v) is 7.98. The minimum absolute atomic E-state index is 0.0273. The average molecular weight is 326 g/mol. The predicted octanol–water partition coefficient (Wildman–Crippen LogP) is 4.17. The smallest absolute Gasteiger partial charge is 0.306 e. The molecule has 0 aliphatic heterocycles. The van der Waals surface area contributed by atoms with Gasteiger partial charge in [-0.05, 0) is 29.3 Å². The summed E-state index contributed by atoms with van der Waals surface area (Å²) in [6.45, 7) is 6.11. The Hall–Kier alpha value is -2.62. The van der Waals surface area contributed by atoms with Crippen molar-refractivity contribution in [3.63, 3.8) is 0 Å². The molecule has 0 aliphatic rings. The largest absolute Gasteiger partial charge is 0.465 e. The molecule has 4 nitrogen and oxygen atoms in total. The Morgan fingerprint density at radius 1 is 0.917 bits per heavy atom. The van der Waals surface area contributed by atoms with Crippen LogP contribution in [0.15, 0.2) is 54.6 Å². The highest BCUT2D eigenvalue weighted by molar-refractivity contribution is 5.83. The quantitative estimate of drug-likeness (QED) is 0.539. The maximum atomic E-state index is 11.7. The molecule has 0 unspecified atom stereocenters. The van der Waals surface area contributed by atoms with Crippen LogP contribution < -0.4 is 0 Å². The zero-order valence-corrected chi connectivity index (χ0v) is 13.9. The van der Waals surface area contributed by atoms with Crippen molar-refractivity contribution in [1.82, 2.24) is 0 Å². The number of rotatable bonds is 8. The number of hydrogen-bond acceptors (Lipinski definition) is 4. The molecule has 0 aromatic heterocycles. The Kier molecular flexibility index (Phi) is 6.55. The molecular formula is C20H22O4. The number of benzene rings is 2. The molecule has 24 heavy (non-hydrogen) atoms. The fourth-order valence-electron chi connectivity index (χ4n) is 2.18. The van der Waals surface area contributed by atoms with E-state index >= 15 is 0 Å². The van der Waals surface area contributed by atoms with Crippen molar-refractivity contribution in [2.75, 3.05) is 6.61 Å². The molecule has 0 saturated carbocycles. The number of hydrogen-bond donors (Lipinski definition) is 0. The zero-order valence-electron chi connectivity index (χ0n) is 13.9. The third-order valence-electron chi connectivity index (χ3n) is 3.54. The van der Waals surface area contributed by atoms with Crippen LogP contribution in [0.5, 0.6) is 0 Å². The topological polar surface area (TPSA) is 52.6 Å². The summed E-state index contributed by atoms with van der Waals surface area (Å²) in [6, 6.07) is 13.9. The molecule has 0 bridgehead atoms. The lowest BCUT2D eigenvalue weighted by Crippen LogP contribution is -2.11. The Morgan fingerprint density at radius 2 is 1.58 bits per heavy atom. The van der Waals surface area contributed by atoms with Crippen molar-refractivity contribution in [2.45, 2.75) is 32.8 Å². The molecule has 2 aromatic carbocycles. The Bertz CT molecular complexity index is 733. The molecule has 0 aliphatic carbocycles. The molecule has 2 rings (SSSR count). The molecule has 4 heteroatoms. The average Bonchev–Trinajstić information content (AvgIpc) is 2.57. The summed E-state index contributed by atoms with van der Waals surface area (Å²) in [4.78, 5) is 23.2. The molecule has 0 amide bonds. The third-order valence-corrected chi connectivity index (χ3v) is 3.54. The van der Waals surface area contributed by atoms with Crippen LogP contribution >= 0.6 is 0 Å². The normalized spacial score (nSPS) is 10.4. The van der Waals surface area contributed by atoms with Gasteiger partial charge < -0.3 is 9.47 Å². The summed E-state index contributed by atoms with van der Waals surface area (Å²) < 4.78 is 10.2. The van der Waals surface area contributed by atoms with Crippen LogP contribution in [0.25, 0.3) is 10.8 Å². The maximum Gasteiger partial charge on any atom is 0.306 e. The summed E-state index contributed by atoms with van der Waals surface area (Å²) in [5, 5.41) is 2.25. The third kappa shape index (κ3) is 5.88. The van der Waals surface area contributed by atoms with E-state index in [0.29, 0.717) is 13.0 Å². The van der Waals surface area contributed by atoms with E-state index in [4.69, 9.17) is 9.47 Å². The molecule has 2 aromatic rings. The SMILES string of the molecule is C=C(C)CCOC(=O)CCC(=O)OCc1ccc2ccccc2c1. The van der Waals surface area contributed by atoms with Crippen LogP contribution in [0.1, 0.15) is 31.7 Å². The van der Waals surface area contributed by atoms with Crippen molar-refractivity contribution in [3.05, 3.63) is 60.2 Å². The van der Waals surface area contributed by atoms with Gasteiger partial charge in [-0.2, -0.15) is 0 Å². The van der Waals surface area contributed by atoms with E-state index < -0.39 is 5.97 Å². The van der Waals surface area contributed by atoms with Crippen LogP contribution in [0.2, 0.25) is 0 Å². The number of fused-ring (bicyclic) bond motifs is 1. The molecule has 126 valence electrons. The summed E-state index contributed by atoms with van der Waals surface area (Å²) in [5.41, 5.74) is 1.88. The molecule has 0 saturated heterocycles. The second-order valence-corrected chi connectivity index (χ2v) is 5.77. The van der Waals surface area contributed by atoms with E-state index in [1.165, 1.54) is 0 Å². The van der Waals surface area contributed by atoms with E-state index in [1.54, 1.807) is 0 Å². The highest BCUT2D eigenvalue weighted by atomic mass is 16.5. The monoisotopic (exact) mass is 326 g/mol.